The summed E-state index contributed by atoms with van der Waals surface area (Å²) in [5.41, 5.74) is 1.25. The lowest BCUT2D eigenvalue weighted by molar-refractivity contribution is -0.132. The van der Waals surface area contributed by atoms with Gasteiger partial charge in [0, 0.05) is 19.3 Å². The lowest BCUT2D eigenvalue weighted by Gasteiger charge is -2.14. The van der Waals surface area contributed by atoms with E-state index in [4.69, 9.17) is 10.6 Å². The minimum Gasteiger partial charge on any atom is -0.363 e. The number of amides is 1. The van der Waals surface area contributed by atoms with Gasteiger partial charge in [-0.1, -0.05) is 0 Å². The lowest BCUT2D eigenvalue weighted by Crippen LogP contribution is -2.42. The number of hydrazine groups is 1. The van der Waals surface area contributed by atoms with Gasteiger partial charge in [-0.2, -0.15) is 0 Å². The zero-order valence-corrected chi connectivity index (χ0v) is 10.5. The molecule has 1 aromatic rings. The molecule has 1 amide bonds. The van der Waals surface area contributed by atoms with Crippen LogP contribution in [0, 0.1) is 0 Å². The molecule has 0 aromatic carbocycles. The molecule has 2 unspecified atom stereocenters. The van der Waals surface area contributed by atoms with Crippen molar-refractivity contribution in [3.05, 3.63) is 33.1 Å². The number of hydrogen-bond donors (Lipinski definition) is 2. The summed E-state index contributed by atoms with van der Waals surface area (Å²) in [6, 6.07) is 1.32. The first-order chi connectivity index (χ1) is 9.02. The van der Waals surface area contributed by atoms with Crippen molar-refractivity contribution in [1.29, 1.82) is 0 Å². The monoisotopic (exact) mass is 268 g/mol. The fraction of sp³-hybridized carbons (Fsp3) is 0.545. The van der Waals surface area contributed by atoms with Gasteiger partial charge in [0.2, 0.25) is 0 Å². The van der Waals surface area contributed by atoms with E-state index >= 15 is 0 Å². The lowest BCUT2D eigenvalue weighted by atomic mass is 10.2. The molecule has 104 valence electrons. The molecule has 2 atom stereocenters. The summed E-state index contributed by atoms with van der Waals surface area (Å²) in [5, 5.41) is 0. The van der Waals surface area contributed by atoms with Crippen molar-refractivity contribution in [2.75, 3.05) is 0 Å². The van der Waals surface area contributed by atoms with E-state index in [9.17, 15) is 14.4 Å². The quantitative estimate of drug-likeness (QED) is 0.377. The molecule has 1 fully saturated rings. The van der Waals surface area contributed by atoms with Crippen LogP contribution >= 0.6 is 0 Å². The van der Waals surface area contributed by atoms with Gasteiger partial charge in [0.15, 0.2) is 0 Å². The van der Waals surface area contributed by atoms with Crippen LogP contribution in [0.2, 0.25) is 0 Å². The van der Waals surface area contributed by atoms with E-state index in [1.807, 2.05) is 5.43 Å². The third-order valence-electron chi connectivity index (χ3n) is 3.17. The summed E-state index contributed by atoms with van der Waals surface area (Å²) in [4.78, 5) is 34.8. The first kappa shape index (κ1) is 13.5. The van der Waals surface area contributed by atoms with Crippen molar-refractivity contribution in [3.8, 4) is 0 Å². The number of nitrogens with one attached hydrogen (secondary N) is 1. The molecule has 1 aliphatic rings. The maximum atomic E-state index is 11.8. The minimum absolute atomic E-state index is 0.140. The summed E-state index contributed by atoms with van der Waals surface area (Å²) in [6.07, 6.45) is 1.59. The van der Waals surface area contributed by atoms with Crippen molar-refractivity contribution < 1.29 is 9.53 Å². The predicted octanol–water partition coefficient (Wildman–Crippen LogP) is -1.92. The fourth-order valence-electron chi connectivity index (χ4n) is 2.11. The number of hydrogen-bond acceptors (Lipinski definition) is 5. The summed E-state index contributed by atoms with van der Waals surface area (Å²) < 4.78 is 7.89. The first-order valence-electron chi connectivity index (χ1n) is 5.95. The number of aromatic nitrogens is 2. The third kappa shape index (κ3) is 2.74. The number of carbonyl (C=O) groups excluding carboxylic acids is 1. The van der Waals surface area contributed by atoms with E-state index in [2.05, 4.69) is 0 Å². The van der Waals surface area contributed by atoms with E-state index in [-0.39, 0.29) is 18.2 Å². The van der Waals surface area contributed by atoms with Gasteiger partial charge < -0.3 is 9.30 Å². The molecule has 1 aromatic heterocycles. The number of rotatable bonds is 3. The Bertz CT molecular complexity index is 591. The van der Waals surface area contributed by atoms with Crippen LogP contribution in [0.5, 0.6) is 0 Å². The van der Waals surface area contributed by atoms with E-state index in [1.54, 1.807) is 7.05 Å². The zero-order valence-electron chi connectivity index (χ0n) is 10.5. The molecule has 3 N–H and O–H groups in total. The highest BCUT2D eigenvalue weighted by atomic mass is 16.5. The van der Waals surface area contributed by atoms with Crippen molar-refractivity contribution in [3.63, 3.8) is 0 Å². The fourth-order valence-corrected chi connectivity index (χ4v) is 2.11. The number of ether oxygens (including phenoxy) is 1. The van der Waals surface area contributed by atoms with Crippen LogP contribution in [0.15, 0.2) is 21.9 Å². The van der Waals surface area contributed by atoms with Crippen LogP contribution in [0.25, 0.3) is 0 Å². The number of aryl methyl sites for hydroxylation is 1. The molecule has 1 saturated heterocycles. The Hall–Kier alpha value is -1.93. The van der Waals surface area contributed by atoms with Gasteiger partial charge in [0.25, 0.3) is 11.5 Å². The van der Waals surface area contributed by atoms with Gasteiger partial charge >= 0.3 is 5.69 Å². The maximum Gasteiger partial charge on any atom is 0.330 e. The molecule has 2 rings (SSSR count). The molecule has 0 saturated carbocycles. The number of carbonyl (C=O) groups is 1. The Labute approximate surface area is 108 Å². The van der Waals surface area contributed by atoms with E-state index in [0.29, 0.717) is 12.8 Å². The molecular formula is C11H16N4O4. The number of nitrogens with two attached hydrogens (primary N) is 1. The average Bonchev–Trinajstić information content (AvgIpc) is 2.87. The van der Waals surface area contributed by atoms with Crippen LogP contribution in [0.1, 0.15) is 12.8 Å². The Kier molecular flexibility index (Phi) is 3.82. The summed E-state index contributed by atoms with van der Waals surface area (Å²) in [5.74, 6) is 4.64. The molecule has 8 nitrogen and oxygen atoms in total. The maximum absolute atomic E-state index is 11.8. The summed E-state index contributed by atoms with van der Waals surface area (Å²) >= 11 is 0. The van der Waals surface area contributed by atoms with Crippen molar-refractivity contribution in [1.82, 2.24) is 14.6 Å². The van der Waals surface area contributed by atoms with Crippen molar-refractivity contribution in [2.45, 2.75) is 31.6 Å². The average molecular weight is 268 g/mol. The second-order valence-corrected chi connectivity index (χ2v) is 4.49. The third-order valence-corrected chi connectivity index (χ3v) is 3.17. The first-order valence-corrected chi connectivity index (χ1v) is 5.95. The largest absolute Gasteiger partial charge is 0.363 e. The highest BCUT2D eigenvalue weighted by Crippen LogP contribution is 2.20. The SMILES string of the molecule is Cn1ccc(=O)n(CC2CCC(C(=O)NN)O2)c1=O. The molecule has 0 bridgehead atoms. The van der Waals surface area contributed by atoms with Gasteiger partial charge in [-0.25, -0.2) is 10.6 Å². The second kappa shape index (κ2) is 5.37. The Morgan fingerprint density at radius 1 is 1.53 bits per heavy atom. The molecular weight excluding hydrogens is 252 g/mol. The van der Waals surface area contributed by atoms with Crippen molar-refractivity contribution >= 4 is 5.91 Å². The van der Waals surface area contributed by atoms with Gasteiger partial charge in [-0.05, 0) is 12.8 Å². The Morgan fingerprint density at radius 2 is 2.26 bits per heavy atom. The van der Waals surface area contributed by atoms with Crippen LogP contribution in [0.4, 0.5) is 0 Å². The van der Waals surface area contributed by atoms with Crippen molar-refractivity contribution in [2.24, 2.45) is 12.9 Å². The molecule has 0 aliphatic carbocycles. The van der Waals surface area contributed by atoms with E-state index < -0.39 is 17.7 Å². The molecule has 1 aliphatic heterocycles. The highest BCUT2D eigenvalue weighted by Gasteiger charge is 2.30. The van der Waals surface area contributed by atoms with E-state index in [1.165, 1.54) is 16.8 Å². The van der Waals surface area contributed by atoms with Crippen LogP contribution < -0.4 is 22.5 Å². The second-order valence-electron chi connectivity index (χ2n) is 4.49. The topological polar surface area (TPSA) is 108 Å². The minimum atomic E-state index is -0.613. The van der Waals surface area contributed by atoms with Gasteiger partial charge in [-0.15, -0.1) is 0 Å². The molecule has 0 radical (unpaired) electrons. The van der Waals surface area contributed by atoms with Crippen LogP contribution in [-0.2, 0) is 23.1 Å². The predicted molar refractivity (Wildman–Crippen MR) is 66.2 cm³/mol. The highest BCUT2D eigenvalue weighted by molar-refractivity contribution is 5.80. The standard InChI is InChI=1S/C11H16N4O4/c1-14-5-4-9(16)15(11(14)18)6-7-2-3-8(19-7)10(17)13-12/h4-5,7-8H,2-3,6,12H2,1H3,(H,13,17). The van der Waals surface area contributed by atoms with E-state index in [0.717, 1.165) is 4.57 Å². The van der Waals surface area contributed by atoms with Gasteiger partial charge in [-0.3, -0.25) is 19.6 Å². The molecule has 8 heteroatoms. The van der Waals surface area contributed by atoms with Crippen LogP contribution in [0.3, 0.4) is 0 Å². The Morgan fingerprint density at radius 3 is 2.95 bits per heavy atom. The summed E-state index contributed by atoms with van der Waals surface area (Å²) in [6.45, 7) is 0.140. The van der Waals surface area contributed by atoms with Gasteiger partial charge in [0.05, 0.1) is 12.6 Å². The smallest absolute Gasteiger partial charge is 0.330 e. The zero-order chi connectivity index (χ0) is 14.0. The molecule has 2 heterocycles. The Balaban J connectivity index is 2.12. The molecule has 19 heavy (non-hydrogen) atoms. The van der Waals surface area contributed by atoms with Crippen LogP contribution in [-0.4, -0.2) is 27.2 Å². The summed E-state index contributed by atoms with van der Waals surface area (Å²) in [7, 11) is 1.57. The number of nitrogens with zero attached hydrogens (tertiary/aromatic N) is 2. The molecule has 0 spiro atoms. The normalized spacial score (nSPS) is 22.4. The van der Waals surface area contributed by atoms with Gasteiger partial charge in [0.1, 0.15) is 6.10 Å².